The van der Waals surface area contributed by atoms with Gasteiger partial charge in [-0.2, -0.15) is 0 Å². The van der Waals surface area contributed by atoms with E-state index in [1.807, 2.05) is 6.07 Å². The van der Waals surface area contributed by atoms with E-state index in [2.05, 4.69) is 15.3 Å². The Morgan fingerprint density at radius 1 is 1.45 bits per heavy atom. The van der Waals surface area contributed by atoms with Crippen molar-refractivity contribution >= 4 is 11.6 Å². The molecule has 0 spiro atoms. The van der Waals surface area contributed by atoms with E-state index in [9.17, 15) is 9.59 Å². The van der Waals surface area contributed by atoms with E-state index in [1.54, 1.807) is 18.2 Å². The third-order valence-electron chi connectivity index (χ3n) is 3.39. The molecule has 1 aromatic heterocycles. The summed E-state index contributed by atoms with van der Waals surface area (Å²) in [5.74, 6) is 0.269. The predicted molar refractivity (Wildman–Crippen MR) is 80.3 cm³/mol. The van der Waals surface area contributed by atoms with Crippen LogP contribution >= 0.6 is 0 Å². The molecule has 1 aliphatic rings. The van der Waals surface area contributed by atoms with Gasteiger partial charge in [-0.1, -0.05) is 6.07 Å². The van der Waals surface area contributed by atoms with Crippen molar-refractivity contribution in [1.82, 2.24) is 9.97 Å². The monoisotopic (exact) mass is 303 g/mol. The summed E-state index contributed by atoms with van der Waals surface area (Å²) >= 11 is 0. The van der Waals surface area contributed by atoms with Crippen molar-refractivity contribution < 1.29 is 14.3 Å². The van der Waals surface area contributed by atoms with E-state index >= 15 is 0 Å². The van der Waals surface area contributed by atoms with Crippen molar-refractivity contribution in [3.8, 4) is 5.75 Å². The number of ether oxygens (including phenoxy) is 2. The van der Waals surface area contributed by atoms with Crippen LogP contribution in [0.3, 0.4) is 0 Å². The molecule has 3 rings (SSSR count). The van der Waals surface area contributed by atoms with Crippen molar-refractivity contribution in [2.75, 3.05) is 18.5 Å². The maximum Gasteiger partial charge on any atom is 0.323 e. The fraction of sp³-hybridized carbons (Fsp3) is 0.333. The van der Waals surface area contributed by atoms with Crippen LogP contribution in [0.5, 0.6) is 5.75 Å². The average Bonchev–Trinajstić information content (AvgIpc) is 3.17. The van der Waals surface area contributed by atoms with Gasteiger partial charge in [-0.3, -0.25) is 4.79 Å². The minimum atomic E-state index is -0.418. The lowest BCUT2D eigenvalue weighted by Gasteiger charge is -2.12. The number of nitrogens with one attached hydrogen (secondary N) is 3. The first kappa shape index (κ1) is 14.4. The number of aromatic nitrogens is 2. The van der Waals surface area contributed by atoms with Crippen LogP contribution in [0, 0.1) is 0 Å². The number of amides is 1. The Balaban J connectivity index is 1.60. The Morgan fingerprint density at radius 3 is 3.09 bits per heavy atom. The van der Waals surface area contributed by atoms with E-state index in [0.29, 0.717) is 18.0 Å². The van der Waals surface area contributed by atoms with Crippen molar-refractivity contribution in [2.45, 2.75) is 18.9 Å². The summed E-state index contributed by atoms with van der Waals surface area (Å²) in [6, 6.07) is 7.10. The minimum Gasteiger partial charge on any atom is -0.491 e. The lowest BCUT2D eigenvalue weighted by atomic mass is 10.2. The number of aromatic amines is 2. The first-order valence-corrected chi connectivity index (χ1v) is 7.14. The van der Waals surface area contributed by atoms with Gasteiger partial charge in [0.25, 0.3) is 5.91 Å². The van der Waals surface area contributed by atoms with Crippen LogP contribution in [0.1, 0.15) is 23.3 Å². The largest absolute Gasteiger partial charge is 0.491 e. The van der Waals surface area contributed by atoms with Crippen LogP contribution in [0.25, 0.3) is 0 Å². The zero-order valence-electron chi connectivity index (χ0n) is 11.9. The van der Waals surface area contributed by atoms with Gasteiger partial charge in [-0.25, -0.2) is 4.79 Å². The van der Waals surface area contributed by atoms with Crippen LogP contribution in [-0.2, 0) is 4.74 Å². The zero-order chi connectivity index (χ0) is 15.4. The number of anilines is 1. The molecule has 0 bridgehead atoms. The SMILES string of the molecule is O=C(Nc1cccc(OCC2CCCO2)c1)c1c[nH]c(=O)[nH]1. The Kier molecular flexibility index (Phi) is 4.24. The quantitative estimate of drug-likeness (QED) is 0.780. The Bertz CT molecular complexity index is 701. The molecule has 22 heavy (non-hydrogen) atoms. The molecule has 3 N–H and O–H groups in total. The summed E-state index contributed by atoms with van der Waals surface area (Å²) in [6.07, 6.45) is 3.55. The minimum absolute atomic E-state index is 0.142. The fourth-order valence-electron chi connectivity index (χ4n) is 2.28. The fourth-order valence-corrected chi connectivity index (χ4v) is 2.28. The second kappa shape index (κ2) is 6.48. The van der Waals surface area contributed by atoms with Gasteiger partial charge in [-0.15, -0.1) is 0 Å². The van der Waals surface area contributed by atoms with Gasteiger partial charge in [0.2, 0.25) is 0 Å². The molecule has 1 fully saturated rings. The maximum absolute atomic E-state index is 11.9. The predicted octanol–water partition coefficient (Wildman–Crippen LogP) is 1.51. The molecule has 1 unspecified atom stereocenters. The number of carbonyl (C=O) groups excluding carboxylic acids is 1. The molecule has 7 heteroatoms. The molecular formula is C15H17N3O4. The van der Waals surface area contributed by atoms with Gasteiger partial charge in [0, 0.05) is 24.6 Å². The number of carbonyl (C=O) groups is 1. The number of H-pyrrole nitrogens is 2. The second-order valence-corrected chi connectivity index (χ2v) is 5.08. The lowest BCUT2D eigenvalue weighted by molar-refractivity contribution is 0.0680. The van der Waals surface area contributed by atoms with Crippen LogP contribution < -0.4 is 15.7 Å². The van der Waals surface area contributed by atoms with Crippen LogP contribution in [0.4, 0.5) is 5.69 Å². The first-order chi connectivity index (χ1) is 10.7. The number of hydrogen-bond donors (Lipinski definition) is 3. The Hall–Kier alpha value is -2.54. The van der Waals surface area contributed by atoms with Gasteiger partial charge < -0.3 is 24.8 Å². The summed E-state index contributed by atoms with van der Waals surface area (Å²) in [5, 5.41) is 2.70. The van der Waals surface area contributed by atoms with Crippen LogP contribution in [0.2, 0.25) is 0 Å². The summed E-state index contributed by atoms with van der Waals surface area (Å²) in [7, 11) is 0. The smallest absolute Gasteiger partial charge is 0.323 e. The van der Waals surface area contributed by atoms with E-state index in [1.165, 1.54) is 6.20 Å². The normalized spacial score (nSPS) is 17.4. The van der Waals surface area contributed by atoms with Gasteiger partial charge in [-0.05, 0) is 25.0 Å². The summed E-state index contributed by atoms with van der Waals surface area (Å²) in [5.41, 5.74) is 0.353. The molecule has 116 valence electrons. The van der Waals surface area contributed by atoms with Crippen molar-refractivity contribution in [3.05, 3.63) is 46.6 Å². The molecule has 1 aromatic carbocycles. The molecule has 1 saturated heterocycles. The number of imidazole rings is 1. The highest BCUT2D eigenvalue weighted by molar-refractivity contribution is 6.02. The lowest BCUT2D eigenvalue weighted by Crippen LogP contribution is -2.16. The summed E-state index contributed by atoms with van der Waals surface area (Å²) in [6.45, 7) is 1.29. The van der Waals surface area contributed by atoms with E-state index in [0.717, 1.165) is 19.4 Å². The van der Waals surface area contributed by atoms with Gasteiger partial charge in [0.15, 0.2) is 0 Å². The molecule has 2 aromatic rings. The van der Waals surface area contributed by atoms with E-state index in [-0.39, 0.29) is 11.8 Å². The highest BCUT2D eigenvalue weighted by Crippen LogP contribution is 2.20. The standard InChI is InChI=1S/C15H17N3O4/c19-14(13-8-16-15(20)18-13)17-10-3-1-4-11(7-10)22-9-12-5-2-6-21-12/h1,3-4,7-8,12H,2,5-6,9H2,(H,17,19)(H2,16,18,20). The molecular weight excluding hydrogens is 286 g/mol. The molecule has 0 saturated carbocycles. The molecule has 7 nitrogen and oxygen atoms in total. The third-order valence-corrected chi connectivity index (χ3v) is 3.39. The van der Waals surface area contributed by atoms with E-state index in [4.69, 9.17) is 9.47 Å². The number of benzene rings is 1. The third kappa shape index (κ3) is 3.56. The first-order valence-electron chi connectivity index (χ1n) is 7.14. The van der Waals surface area contributed by atoms with Gasteiger partial charge in [0.05, 0.1) is 6.10 Å². The highest BCUT2D eigenvalue weighted by atomic mass is 16.5. The number of hydrogen-bond acceptors (Lipinski definition) is 4. The summed E-state index contributed by atoms with van der Waals surface area (Å²) < 4.78 is 11.2. The molecule has 0 aliphatic carbocycles. The Labute approximate surface area is 126 Å². The van der Waals surface area contributed by atoms with Crippen molar-refractivity contribution in [1.29, 1.82) is 0 Å². The highest BCUT2D eigenvalue weighted by Gasteiger charge is 2.16. The van der Waals surface area contributed by atoms with Gasteiger partial charge in [0.1, 0.15) is 18.1 Å². The van der Waals surface area contributed by atoms with Crippen molar-refractivity contribution in [2.24, 2.45) is 0 Å². The van der Waals surface area contributed by atoms with Crippen LogP contribution in [-0.4, -0.2) is 35.2 Å². The topological polar surface area (TPSA) is 96.2 Å². The van der Waals surface area contributed by atoms with Crippen LogP contribution in [0.15, 0.2) is 35.3 Å². The van der Waals surface area contributed by atoms with Gasteiger partial charge >= 0.3 is 5.69 Å². The summed E-state index contributed by atoms with van der Waals surface area (Å²) in [4.78, 5) is 27.7. The molecule has 2 heterocycles. The zero-order valence-corrected chi connectivity index (χ0v) is 11.9. The number of rotatable bonds is 5. The molecule has 0 radical (unpaired) electrons. The molecule has 1 amide bonds. The average molecular weight is 303 g/mol. The maximum atomic E-state index is 11.9. The van der Waals surface area contributed by atoms with E-state index < -0.39 is 11.6 Å². The molecule has 1 atom stereocenters. The second-order valence-electron chi connectivity index (χ2n) is 5.08. The van der Waals surface area contributed by atoms with Crippen molar-refractivity contribution in [3.63, 3.8) is 0 Å². The molecule has 1 aliphatic heterocycles. The Morgan fingerprint density at radius 2 is 2.36 bits per heavy atom.